The van der Waals surface area contributed by atoms with Gasteiger partial charge in [-0.2, -0.15) is 0 Å². The monoisotopic (exact) mass is 500 g/mol. The van der Waals surface area contributed by atoms with Crippen LogP contribution in [-0.2, 0) is 6.42 Å². The zero-order valence-corrected chi connectivity index (χ0v) is 22.7. The van der Waals surface area contributed by atoms with Gasteiger partial charge < -0.3 is 0 Å². The maximum absolute atomic E-state index is 2.46. The second kappa shape index (κ2) is 9.71. The molecule has 0 unspecified atom stereocenters. The molecule has 0 heteroatoms. The maximum atomic E-state index is 2.46. The SMILES string of the molecule is Cc1ccc(-c2ccccc2)cc1-c1cc(-c2ccc3c(c2)C2=C(CCC(c4ccccc4)=C2)C3)ccc1C. The Morgan fingerprint density at radius 3 is 1.64 bits per heavy atom. The molecule has 0 fully saturated rings. The number of hydrogen-bond acceptors (Lipinski definition) is 0. The van der Waals surface area contributed by atoms with E-state index in [0.29, 0.717) is 0 Å². The zero-order chi connectivity index (χ0) is 26.3. The summed E-state index contributed by atoms with van der Waals surface area (Å²) in [6.07, 6.45) is 5.84. The molecule has 2 aliphatic carbocycles. The van der Waals surface area contributed by atoms with E-state index in [0.717, 1.165) is 19.3 Å². The minimum Gasteiger partial charge on any atom is -0.0622 e. The predicted molar refractivity (Wildman–Crippen MR) is 167 cm³/mol. The van der Waals surface area contributed by atoms with Crippen molar-refractivity contribution in [1.82, 2.24) is 0 Å². The standard InChI is InChI=1S/C39H32/c1-26-13-15-30(28-9-5-3-6-10-28)22-36(26)37-23-32(16-14-27(37)2)33-18-20-35-21-34-19-17-31(24-38(34)39(35)25-33)29-11-7-4-8-12-29/h3-16,18,20,22-25H,17,19,21H2,1-2H3. The molecule has 5 aromatic carbocycles. The molecule has 0 aliphatic heterocycles. The third-order valence-electron chi connectivity index (χ3n) is 8.55. The van der Waals surface area contributed by atoms with Crippen molar-refractivity contribution in [3.63, 3.8) is 0 Å². The Labute approximate surface area is 232 Å². The first-order chi connectivity index (χ1) is 19.1. The molecule has 188 valence electrons. The van der Waals surface area contributed by atoms with Gasteiger partial charge >= 0.3 is 0 Å². The highest BCUT2D eigenvalue weighted by atomic mass is 14.3. The van der Waals surface area contributed by atoms with Gasteiger partial charge in [0.15, 0.2) is 0 Å². The first-order valence-corrected chi connectivity index (χ1v) is 14.0. The van der Waals surface area contributed by atoms with E-state index in [1.165, 1.54) is 72.3 Å². The average Bonchev–Trinajstić information content (AvgIpc) is 3.36. The van der Waals surface area contributed by atoms with Crippen LogP contribution in [0.2, 0.25) is 0 Å². The second-order valence-corrected chi connectivity index (χ2v) is 11.0. The highest BCUT2D eigenvalue weighted by molar-refractivity contribution is 5.93. The highest BCUT2D eigenvalue weighted by Crippen LogP contribution is 2.44. The Morgan fingerprint density at radius 1 is 0.462 bits per heavy atom. The average molecular weight is 501 g/mol. The van der Waals surface area contributed by atoms with Crippen molar-refractivity contribution in [2.75, 3.05) is 0 Å². The van der Waals surface area contributed by atoms with Gasteiger partial charge in [-0.15, -0.1) is 0 Å². The molecule has 0 saturated heterocycles. The fraction of sp³-hybridized carbons (Fsp3) is 0.128. The maximum Gasteiger partial charge on any atom is -0.00516 e. The lowest BCUT2D eigenvalue weighted by Gasteiger charge is -2.17. The van der Waals surface area contributed by atoms with Crippen LogP contribution >= 0.6 is 0 Å². The molecule has 7 rings (SSSR count). The minimum atomic E-state index is 1.09. The van der Waals surface area contributed by atoms with Crippen molar-refractivity contribution in [3.05, 3.63) is 155 Å². The second-order valence-electron chi connectivity index (χ2n) is 11.0. The fourth-order valence-electron chi connectivity index (χ4n) is 6.31. The molecule has 0 spiro atoms. The summed E-state index contributed by atoms with van der Waals surface area (Å²) in [4.78, 5) is 0. The molecule has 0 amide bonds. The van der Waals surface area contributed by atoms with Gasteiger partial charge in [-0.1, -0.05) is 109 Å². The molecule has 2 aliphatic rings. The first kappa shape index (κ1) is 23.7. The van der Waals surface area contributed by atoms with Crippen LogP contribution in [0.25, 0.3) is 44.5 Å². The van der Waals surface area contributed by atoms with E-state index >= 15 is 0 Å². The zero-order valence-electron chi connectivity index (χ0n) is 22.7. The highest BCUT2D eigenvalue weighted by Gasteiger charge is 2.24. The number of allylic oxidation sites excluding steroid dienone is 4. The van der Waals surface area contributed by atoms with Crippen LogP contribution in [0, 0.1) is 13.8 Å². The summed E-state index contributed by atoms with van der Waals surface area (Å²) in [6.45, 7) is 4.45. The summed E-state index contributed by atoms with van der Waals surface area (Å²) in [7, 11) is 0. The number of fused-ring (bicyclic) bond motifs is 2. The van der Waals surface area contributed by atoms with Crippen LogP contribution in [-0.4, -0.2) is 0 Å². The van der Waals surface area contributed by atoms with Gasteiger partial charge in [0.05, 0.1) is 0 Å². The van der Waals surface area contributed by atoms with Crippen molar-refractivity contribution in [2.45, 2.75) is 33.1 Å². The van der Waals surface area contributed by atoms with Gasteiger partial charge in [0.25, 0.3) is 0 Å². The summed E-state index contributed by atoms with van der Waals surface area (Å²) in [5, 5.41) is 0. The first-order valence-electron chi connectivity index (χ1n) is 14.0. The van der Waals surface area contributed by atoms with E-state index in [-0.39, 0.29) is 0 Å². The van der Waals surface area contributed by atoms with E-state index in [4.69, 9.17) is 0 Å². The van der Waals surface area contributed by atoms with Crippen LogP contribution in [0.3, 0.4) is 0 Å². The third kappa shape index (κ3) is 4.37. The molecule has 0 saturated carbocycles. The fourth-order valence-corrected chi connectivity index (χ4v) is 6.31. The van der Waals surface area contributed by atoms with Gasteiger partial charge in [-0.25, -0.2) is 0 Å². The van der Waals surface area contributed by atoms with Crippen LogP contribution in [0.1, 0.15) is 40.7 Å². The van der Waals surface area contributed by atoms with Gasteiger partial charge in [-0.05, 0) is 124 Å². The van der Waals surface area contributed by atoms with Gasteiger partial charge in [-0.3, -0.25) is 0 Å². The van der Waals surface area contributed by atoms with E-state index in [9.17, 15) is 0 Å². The Bertz CT molecular complexity index is 1760. The lowest BCUT2D eigenvalue weighted by atomic mass is 9.88. The molecular weight excluding hydrogens is 468 g/mol. The molecule has 5 aromatic rings. The molecular formula is C39H32. The molecule has 0 N–H and O–H groups in total. The lowest BCUT2D eigenvalue weighted by Crippen LogP contribution is -1.95. The van der Waals surface area contributed by atoms with Crippen LogP contribution in [0.4, 0.5) is 0 Å². The predicted octanol–water partition coefficient (Wildman–Crippen LogP) is 10.5. The third-order valence-corrected chi connectivity index (χ3v) is 8.55. The van der Waals surface area contributed by atoms with Crippen molar-refractivity contribution < 1.29 is 0 Å². The van der Waals surface area contributed by atoms with Crippen molar-refractivity contribution in [2.24, 2.45) is 0 Å². The van der Waals surface area contributed by atoms with E-state index < -0.39 is 0 Å². The normalized spacial score (nSPS) is 14.2. The van der Waals surface area contributed by atoms with E-state index in [2.05, 4.69) is 135 Å². The van der Waals surface area contributed by atoms with Crippen LogP contribution < -0.4 is 0 Å². The largest absolute Gasteiger partial charge is 0.0622 e. The molecule has 0 nitrogen and oxygen atoms in total. The Hall–Kier alpha value is -4.42. The van der Waals surface area contributed by atoms with E-state index in [1.807, 2.05) is 0 Å². The summed E-state index contributed by atoms with van der Waals surface area (Å²) in [5.74, 6) is 0. The molecule has 0 heterocycles. The van der Waals surface area contributed by atoms with Gasteiger partial charge in [0.1, 0.15) is 0 Å². The molecule has 0 atom stereocenters. The lowest BCUT2D eigenvalue weighted by molar-refractivity contribution is 0.948. The minimum absolute atomic E-state index is 1.09. The smallest absolute Gasteiger partial charge is 0.00516 e. The van der Waals surface area contributed by atoms with Crippen molar-refractivity contribution >= 4 is 11.1 Å². The quantitative estimate of drug-likeness (QED) is 0.230. The Morgan fingerprint density at radius 2 is 1.00 bits per heavy atom. The van der Waals surface area contributed by atoms with E-state index in [1.54, 1.807) is 5.57 Å². The Kier molecular flexibility index (Phi) is 5.90. The number of rotatable bonds is 4. The molecule has 0 aromatic heterocycles. The van der Waals surface area contributed by atoms with Crippen molar-refractivity contribution in [3.8, 4) is 33.4 Å². The van der Waals surface area contributed by atoms with Crippen LogP contribution in [0.5, 0.6) is 0 Å². The molecule has 0 radical (unpaired) electrons. The summed E-state index contributed by atoms with van der Waals surface area (Å²) < 4.78 is 0. The summed E-state index contributed by atoms with van der Waals surface area (Å²) in [5.41, 5.74) is 19.1. The summed E-state index contributed by atoms with van der Waals surface area (Å²) >= 11 is 0. The van der Waals surface area contributed by atoms with Crippen molar-refractivity contribution in [1.29, 1.82) is 0 Å². The molecule has 0 bridgehead atoms. The number of hydrogen-bond donors (Lipinski definition) is 0. The molecule has 39 heavy (non-hydrogen) atoms. The summed E-state index contributed by atoms with van der Waals surface area (Å²) in [6, 6.07) is 42.5. The van der Waals surface area contributed by atoms with Gasteiger partial charge in [0, 0.05) is 0 Å². The topological polar surface area (TPSA) is 0 Å². The Balaban J connectivity index is 1.28. The number of aryl methyl sites for hydroxylation is 2. The number of benzene rings is 5. The van der Waals surface area contributed by atoms with Gasteiger partial charge in [0.2, 0.25) is 0 Å². The van der Waals surface area contributed by atoms with Crippen LogP contribution in [0.15, 0.2) is 127 Å².